The Morgan fingerprint density at radius 1 is 1.24 bits per heavy atom. The van der Waals surface area contributed by atoms with Crippen molar-refractivity contribution < 1.29 is 0 Å². The van der Waals surface area contributed by atoms with Crippen LogP contribution in [0.3, 0.4) is 0 Å². The summed E-state index contributed by atoms with van der Waals surface area (Å²) in [5.74, 6) is 0. The maximum atomic E-state index is 6.20. The Kier molecular flexibility index (Phi) is 3.59. The minimum Gasteiger partial charge on any atom is -0.378 e. The third kappa shape index (κ3) is 2.74. The molecule has 1 aromatic heterocycles. The van der Waals surface area contributed by atoms with Gasteiger partial charge in [-0.05, 0) is 24.3 Å². The number of aromatic amines is 1. The zero-order valence-corrected chi connectivity index (χ0v) is 10.8. The van der Waals surface area contributed by atoms with E-state index in [4.69, 9.17) is 11.6 Å². The molecule has 17 heavy (non-hydrogen) atoms. The van der Waals surface area contributed by atoms with E-state index in [-0.39, 0.29) is 0 Å². The molecule has 0 fully saturated rings. The normalized spacial score (nSPS) is 10.3. The number of benzene rings is 1. The van der Waals surface area contributed by atoms with Crippen LogP contribution in [0.1, 0.15) is 5.69 Å². The molecular formula is C13H16ClN3. The maximum Gasteiger partial charge on any atom is 0.0786 e. The second-order valence-corrected chi connectivity index (χ2v) is 4.49. The van der Waals surface area contributed by atoms with E-state index in [0.717, 1.165) is 28.6 Å². The van der Waals surface area contributed by atoms with E-state index in [1.165, 1.54) is 0 Å². The van der Waals surface area contributed by atoms with E-state index in [0.29, 0.717) is 0 Å². The SMILES string of the molecule is CN(C)c1c(Cl)cccc1NCc1ccc[nH]1. The number of hydrogen-bond donors (Lipinski definition) is 2. The van der Waals surface area contributed by atoms with Crippen molar-refractivity contribution in [3.63, 3.8) is 0 Å². The van der Waals surface area contributed by atoms with Crippen molar-refractivity contribution in [3.05, 3.63) is 47.2 Å². The van der Waals surface area contributed by atoms with Crippen LogP contribution in [-0.2, 0) is 6.54 Å². The smallest absolute Gasteiger partial charge is 0.0786 e. The lowest BCUT2D eigenvalue weighted by atomic mass is 10.2. The topological polar surface area (TPSA) is 31.1 Å². The molecule has 3 nitrogen and oxygen atoms in total. The van der Waals surface area contributed by atoms with Crippen molar-refractivity contribution in [2.75, 3.05) is 24.3 Å². The predicted molar refractivity (Wildman–Crippen MR) is 73.9 cm³/mol. The number of rotatable bonds is 4. The predicted octanol–water partition coefficient (Wildman–Crippen LogP) is 3.35. The van der Waals surface area contributed by atoms with Crippen LogP contribution >= 0.6 is 11.6 Å². The van der Waals surface area contributed by atoms with Crippen LogP contribution in [0.4, 0.5) is 11.4 Å². The van der Waals surface area contributed by atoms with Gasteiger partial charge in [0.25, 0.3) is 0 Å². The van der Waals surface area contributed by atoms with Crippen molar-refractivity contribution in [2.24, 2.45) is 0 Å². The average molecular weight is 250 g/mol. The summed E-state index contributed by atoms with van der Waals surface area (Å²) in [5, 5.41) is 4.14. The van der Waals surface area contributed by atoms with Gasteiger partial charge in [-0.1, -0.05) is 17.7 Å². The zero-order valence-electron chi connectivity index (χ0n) is 10.00. The van der Waals surface area contributed by atoms with Gasteiger partial charge in [0.1, 0.15) is 0 Å². The Labute approximate surface area is 106 Å². The summed E-state index contributed by atoms with van der Waals surface area (Å²) >= 11 is 6.20. The molecule has 4 heteroatoms. The van der Waals surface area contributed by atoms with Crippen molar-refractivity contribution in [1.82, 2.24) is 4.98 Å². The molecule has 0 bridgehead atoms. The summed E-state index contributed by atoms with van der Waals surface area (Å²) in [4.78, 5) is 5.17. The van der Waals surface area contributed by atoms with Gasteiger partial charge in [-0.3, -0.25) is 0 Å². The van der Waals surface area contributed by atoms with Gasteiger partial charge in [-0.2, -0.15) is 0 Å². The van der Waals surface area contributed by atoms with Gasteiger partial charge in [0.2, 0.25) is 0 Å². The highest BCUT2D eigenvalue weighted by atomic mass is 35.5. The maximum absolute atomic E-state index is 6.20. The summed E-state index contributed by atoms with van der Waals surface area (Å²) < 4.78 is 0. The Morgan fingerprint density at radius 3 is 2.71 bits per heavy atom. The number of para-hydroxylation sites is 1. The second kappa shape index (κ2) is 5.15. The van der Waals surface area contributed by atoms with E-state index >= 15 is 0 Å². The molecule has 0 spiro atoms. The van der Waals surface area contributed by atoms with Gasteiger partial charge in [0, 0.05) is 26.0 Å². The lowest BCUT2D eigenvalue weighted by Gasteiger charge is -2.19. The molecule has 2 N–H and O–H groups in total. The highest BCUT2D eigenvalue weighted by Crippen LogP contribution is 2.32. The lowest BCUT2D eigenvalue weighted by Crippen LogP contribution is -2.12. The Hall–Kier alpha value is -1.61. The molecule has 1 aromatic carbocycles. The third-order valence-electron chi connectivity index (χ3n) is 2.57. The minimum absolute atomic E-state index is 0.756. The van der Waals surface area contributed by atoms with Crippen LogP contribution in [0.5, 0.6) is 0 Å². The molecule has 2 rings (SSSR count). The first-order valence-corrected chi connectivity index (χ1v) is 5.88. The molecule has 0 amide bonds. The summed E-state index contributed by atoms with van der Waals surface area (Å²) in [5.41, 5.74) is 3.20. The third-order valence-corrected chi connectivity index (χ3v) is 2.87. The van der Waals surface area contributed by atoms with Crippen molar-refractivity contribution >= 4 is 23.0 Å². The molecule has 90 valence electrons. The number of aromatic nitrogens is 1. The molecule has 0 aliphatic rings. The number of H-pyrrole nitrogens is 1. The molecule has 0 aliphatic carbocycles. The van der Waals surface area contributed by atoms with Crippen molar-refractivity contribution in [1.29, 1.82) is 0 Å². The summed E-state index contributed by atoms with van der Waals surface area (Å²) in [7, 11) is 3.97. The fourth-order valence-electron chi connectivity index (χ4n) is 1.78. The standard InChI is InChI=1S/C13H16ClN3/c1-17(2)13-11(14)6-3-7-12(13)16-9-10-5-4-8-15-10/h3-8,15-16H,9H2,1-2H3. The average Bonchev–Trinajstić information content (AvgIpc) is 2.78. The monoisotopic (exact) mass is 249 g/mol. The highest BCUT2D eigenvalue weighted by molar-refractivity contribution is 6.34. The van der Waals surface area contributed by atoms with E-state index in [9.17, 15) is 0 Å². The van der Waals surface area contributed by atoms with Gasteiger partial charge < -0.3 is 15.2 Å². The lowest BCUT2D eigenvalue weighted by molar-refractivity contribution is 1.06. The van der Waals surface area contributed by atoms with Crippen molar-refractivity contribution in [2.45, 2.75) is 6.54 Å². The zero-order chi connectivity index (χ0) is 12.3. The second-order valence-electron chi connectivity index (χ2n) is 4.08. The first kappa shape index (κ1) is 11.9. The molecule has 0 radical (unpaired) electrons. The Bertz CT molecular complexity index is 477. The molecule has 2 aromatic rings. The molecule has 0 unspecified atom stereocenters. The van der Waals surface area contributed by atoms with Gasteiger partial charge in [-0.15, -0.1) is 0 Å². The summed E-state index contributed by atoms with van der Waals surface area (Å²) in [6.07, 6.45) is 1.92. The van der Waals surface area contributed by atoms with Crippen LogP contribution < -0.4 is 10.2 Å². The number of nitrogens with one attached hydrogen (secondary N) is 2. The van der Waals surface area contributed by atoms with E-state index in [1.54, 1.807) is 0 Å². The minimum atomic E-state index is 0.756. The highest BCUT2D eigenvalue weighted by Gasteiger charge is 2.08. The number of nitrogens with zero attached hydrogens (tertiary/aromatic N) is 1. The van der Waals surface area contributed by atoms with E-state index in [2.05, 4.69) is 10.3 Å². The number of halogens is 1. The first-order valence-electron chi connectivity index (χ1n) is 5.50. The van der Waals surface area contributed by atoms with Crippen LogP contribution in [0.15, 0.2) is 36.5 Å². The quantitative estimate of drug-likeness (QED) is 0.871. The van der Waals surface area contributed by atoms with Crippen LogP contribution in [0.2, 0.25) is 5.02 Å². The van der Waals surface area contributed by atoms with Crippen LogP contribution in [0, 0.1) is 0 Å². The fourth-order valence-corrected chi connectivity index (χ4v) is 2.12. The summed E-state index contributed by atoms with van der Waals surface area (Å²) in [6, 6.07) is 9.92. The summed E-state index contributed by atoms with van der Waals surface area (Å²) in [6.45, 7) is 0.758. The van der Waals surface area contributed by atoms with Gasteiger partial charge in [0.15, 0.2) is 0 Å². The van der Waals surface area contributed by atoms with E-state index in [1.807, 2.05) is 55.5 Å². The van der Waals surface area contributed by atoms with E-state index < -0.39 is 0 Å². The molecule has 0 saturated carbocycles. The fraction of sp³-hybridized carbons (Fsp3) is 0.231. The largest absolute Gasteiger partial charge is 0.378 e. The Balaban J connectivity index is 2.18. The van der Waals surface area contributed by atoms with Gasteiger partial charge in [0.05, 0.1) is 22.9 Å². The number of anilines is 2. The molecule has 1 heterocycles. The molecular weight excluding hydrogens is 234 g/mol. The van der Waals surface area contributed by atoms with Crippen LogP contribution in [-0.4, -0.2) is 19.1 Å². The first-order chi connectivity index (χ1) is 8.18. The van der Waals surface area contributed by atoms with Gasteiger partial charge >= 0.3 is 0 Å². The van der Waals surface area contributed by atoms with Gasteiger partial charge in [-0.25, -0.2) is 0 Å². The molecule has 0 atom stereocenters. The molecule has 0 saturated heterocycles. The van der Waals surface area contributed by atoms with Crippen LogP contribution in [0.25, 0.3) is 0 Å². The Morgan fingerprint density at radius 2 is 2.06 bits per heavy atom. The van der Waals surface area contributed by atoms with Crippen molar-refractivity contribution in [3.8, 4) is 0 Å². The molecule has 0 aliphatic heterocycles. The number of hydrogen-bond acceptors (Lipinski definition) is 2.